The molecule has 0 aliphatic heterocycles. The molecule has 86 valence electrons. The van der Waals surface area contributed by atoms with E-state index in [4.69, 9.17) is 20.8 Å². The second kappa shape index (κ2) is 7.20. The van der Waals surface area contributed by atoms with Crippen LogP contribution >= 0.6 is 0 Å². The highest BCUT2D eigenvalue weighted by Crippen LogP contribution is 2.21. The number of hydrogen-bond acceptors (Lipinski definition) is 6. The van der Waals surface area contributed by atoms with E-state index in [-0.39, 0.29) is 22.8 Å². The normalized spacial score (nSPS) is 8.38. The van der Waals surface area contributed by atoms with Crippen LogP contribution in [0.2, 0.25) is 0 Å². The predicted octanol–water partition coefficient (Wildman–Crippen LogP) is 0.355. The first-order valence-corrected chi connectivity index (χ1v) is 4.46. The van der Waals surface area contributed by atoms with E-state index in [0.717, 1.165) is 7.11 Å². The van der Waals surface area contributed by atoms with Crippen molar-refractivity contribution in [1.82, 2.24) is 4.98 Å². The Kier molecular flexibility index (Phi) is 6.24. The summed E-state index contributed by atoms with van der Waals surface area (Å²) < 4.78 is 5.08. The van der Waals surface area contributed by atoms with Gasteiger partial charge >= 0.3 is 0 Å². The molecule has 0 fully saturated rings. The number of pyridine rings is 1. The van der Waals surface area contributed by atoms with Crippen molar-refractivity contribution in [3.05, 3.63) is 17.3 Å². The Morgan fingerprint density at radius 2 is 2.31 bits per heavy atom. The number of hydrogen-bond donors (Lipinski definition) is 2. The Hall–Kier alpha value is -2.13. The fourth-order valence-corrected chi connectivity index (χ4v) is 0.974. The molecule has 0 saturated heterocycles. The van der Waals surface area contributed by atoms with Crippen molar-refractivity contribution in [2.24, 2.45) is 0 Å². The summed E-state index contributed by atoms with van der Waals surface area (Å²) in [6.45, 7) is 2.12. The topological polar surface area (TPSA) is 109 Å². The van der Waals surface area contributed by atoms with E-state index >= 15 is 0 Å². The Bertz CT molecular complexity index is 399. The molecule has 16 heavy (non-hydrogen) atoms. The lowest BCUT2D eigenvalue weighted by Gasteiger charge is -2.06. The molecule has 0 spiro atoms. The highest BCUT2D eigenvalue weighted by atomic mass is 16.5. The summed E-state index contributed by atoms with van der Waals surface area (Å²) in [5, 5.41) is 15.8. The second-order valence-corrected chi connectivity index (χ2v) is 2.48. The van der Waals surface area contributed by atoms with Crippen LogP contribution in [0.5, 0.6) is 5.88 Å². The number of nitriles is 1. The van der Waals surface area contributed by atoms with Crippen LogP contribution in [-0.4, -0.2) is 30.1 Å². The predicted molar refractivity (Wildman–Crippen MR) is 58.1 cm³/mol. The minimum absolute atomic E-state index is 0.108. The summed E-state index contributed by atoms with van der Waals surface area (Å²) >= 11 is 0. The van der Waals surface area contributed by atoms with Crippen molar-refractivity contribution in [1.29, 1.82) is 5.26 Å². The third-order valence-electron chi connectivity index (χ3n) is 1.55. The summed E-state index contributed by atoms with van der Waals surface area (Å²) in [6.07, 6.45) is 0.556. The lowest BCUT2D eigenvalue weighted by atomic mass is 10.2. The number of carbonyl (C=O) groups excluding carboxylic acids is 1. The lowest BCUT2D eigenvalue weighted by molar-refractivity contribution is 0.111. The van der Waals surface area contributed by atoms with E-state index in [0.29, 0.717) is 12.9 Å². The molecule has 0 aromatic carbocycles. The van der Waals surface area contributed by atoms with Gasteiger partial charge < -0.3 is 15.6 Å². The largest absolute Gasteiger partial charge is 0.477 e. The van der Waals surface area contributed by atoms with E-state index in [1.165, 1.54) is 6.07 Å². The maximum atomic E-state index is 10.5. The molecule has 0 saturated carbocycles. The first kappa shape index (κ1) is 13.9. The number of carbonyl (C=O) groups is 1. The molecule has 6 heteroatoms. The molecule has 0 aliphatic rings. The number of aliphatic hydroxyl groups is 1. The number of nitrogen functional groups attached to an aromatic ring is 1. The zero-order valence-electron chi connectivity index (χ0n) is 9.10. The number of aldehydes is 1. The number of rotatable bonds is 3. The Morgan fingerprint density at radius 1 is 1.69 bits per heavy atom. The highest BCUT2D eigenvalue weighted by molar-refractivity contribution is 5.76. The Morgan fingerprint density at radius 3 is 2.75 bits per heavy atom. The number of aromatic nitrogens is 1. The third-order valence-corrected chi connectivity index (χ3v) is 1.55. The van der Waals surface area contributed by atoms with Crippen LogP contribution in [0, 0.1) is 11.3 Å². The van der Waals surface area contributed by atoms with Gasteiger partial charge in [0.2, 0.25) is 5.88 Å². The van der Waals surface area contributed by atoms with E-state index < -0.39 is 0 Å². The van der Waals surface area contributed by atoms with Crippen molar-refractivity contribution in [2.75, 3.05) is 19.5 Å². The van der Waals surface area contributed by atoms with E-state index in [9.17, 15) is 4.79 Å². The van der Waals surface area contributed by atoms with Gasteiger partial charge in [-0.3, -0.25) is 4.79 Å². The van der Waals surface area contributed by atoms with E-state index in [1.54, 1.807) is 6.92 Å². The fourth-order valence-electron chi connectivity index (χ4n) is 0.974. The van der Waals surface area contributed by atoms with Crippen LogP contribution < -0.4 is 10.5 Å². The number of nitrogens with two attached hydrogens (primary N) is 1. The lowest BCUT2D eigenvalue weighted by Crippen LogP contribution is -2.03. The van der Waals surface area contributed by atoms with Crippen molar-refractivity contribution in [3.63, 3.8) is 0 Å². The molecule has 1 heterocycles. The minimum atomic E-state index is 0.108. The molecule has 0 radical (unpaired) electrons. The van der Waals surface area contributed by atoms with Gasteiger partial charge in [-0.15, -0.1) is 0 Å². The molecular formula is C10H13N3O3. The Labute approximate surface area is 93.3 Å². The van der Waals surface area contributed by atoms with Crippen molar-refractivity contribution in [2.45, 2.75) is 6.92 Å². The van der Waals surface area contributed by atoms with Crippen molar-refractivity contribution in [3.8, 4) is 11.9 Å². The monoisotopic (exact) mass is 223 g/mol. The fraction of sp³-hybridized carbons (Fsp3) is 0.300. The summed E-state index contributed by atoms with van der Waals surface area (Å²) in [6, 6.07) is 3.21. The smallest absolute Gasteiger partial charge is 0.234 e. The van der Waals surface area contributed by atoms with Crippen LogP contribution in [0.15, 0.2) is 6.07 Å². The maximum Gasteiger partial charge on any atom is 0.234 e. The zero-order chi connectivity index (χ0) is 12.6. The van der Waals surface area contributed by atoms with Gasteiger partial charge in [0, 0.05) is 7.11 Å². The SMILES string of the molecule is CCOc1nc(C=O)cc(N)c1C#N.CO. The minimum Gasteiger partial charge on any atom is -0.477 e. The van der Waals surface area contributed by atoms with Crippen LogP contribution in [0.25, 0.3) is 0 Å². The highest BCUT2D eigenvalue weighted by Gasteiger charge is 2.10. The summed E-state index contributed by atoms with van der Waals surface area (Å²) in [7, 11) is 1.00. The summed E-state index contributed by atoms with van der Waals surface area (Å²) in [5.41, 5.74) is 6.06. The molecule has 0 amide bonds. The Balaban J connectivity index is 0.00000106. The van der Waals surface area contributed by atoms with Gasteiger partial charge in [-0.25, -0.2) is 4.98 Å². The summed E-state index contributed by atoms with van der Waals surface area (Å²) in [4.78, 5) is 14.3. The average Bonchev–Trinajstić information content (AvgIpc) is 2.31. The third kappa shape index (κ3) is 3.22. The second-order valence-electron chi connectivity index (χ2n) is 2.48. The van der Waals surface area contributed by atoms with Gasteiger partial charge in [-0.05, 0) is 13.0 Å². The number of anilines is 1. The molecule has 0 aliphatic carbocycles. The molecule has 0 unspecified atom stereocenters. The number of aliphatic hydroxyl groups excluding tert-OH is 1. The average molecular weight is 223 g/mol. The van der Waals surface area contributed by atoms with Crippen LogP contribution in [0.3, 0.4) is 0 Å². The molecule has 1 rings (SSSR count). The summed E-state index contributed by atoms with van der Waals surface area (Å²) in [5.74, 6) is 0.108. The standard InChI is InChI=1S/C9H9N3O2.CH4O/c1-2-14-9-7(4-10)8(11)3-6(5-13)12-9;1-2/h3,5H,2H2,1H3,(H2,11,12);2H,1H3. The van der Waals surface area contributed by atoms with Gasteiger partial charge in [0.15, 0.2) is 6.29 Å². The molecule has 1 aromatic rings. The van der Waals surface area contributed by atoms with E-state index in [2.05, 4.69) is 4.98 Å². The van der Waals surface area contributed by atoms with Gasteiger partial charge in [0.25, 0.3) is 0 Å². The van der Waals surface area contributed by atoms with Crippen LogP contribution in [0.4, 0.5) is 5.69 Å². The van der Waals surface area contributed by atoms with Crippen LogP contribution in [-0.2, 0) is 0 Å². The van der Waals surface area contributed by atoms with Gasteiger partial charge in [0.05, 0.1) is 12.3 Å². The number of nitrogens with zero attached hydrogens (tertiary/aromatic N) is 2. The molecule has 0 atom stereocenters. The van der Waals surface area contributed by atoms with Crippen LogP contribution in [0.1, 0.15) is 23.0 Å². The van der Waals surface area contributed by atoms with Gasteiger partial charge in [0.1, 0.15) is 17.3 Å². The van der Waals surface area contributed by atoms with Crippen molar-refractivity contribution >= 4 is 12.0 Å². The van der Waals surface area contributed by atoms with E-state index in [1.807, 2.05) is 6.07 Å². The molecular weight excluding hydrogens is 210 g/mol. The molecule has 6 nitrogen and oxygen atoms in total. The van der Waals surface area contributed by atoms with Gasteiger partial charge in [-0.2, -0.15) is 5.26 Å². The quantitative estimate of drug-likeness (QED) is 0.716. The van der Waals surface area contributed by atoms with Crippen molar-refractivity contribution < 1.29 is 14.6 Å². The molecule has 0 bridgehead atoms. The first-order valence-electron chi connectivity index (χ1n) is 4.46. The number of ether oxygens (including phenoxy) is 1. The maximum absolute atomic E-state index is 10.5. The first-order chi connectivity index (χ1) is 7.72. The molecule has 1 aromatic heterocycles. The zero-order valence-corrected chi connectivity index (χ0v) is 9.10. The molecule has 3 N–H and O–H groups in total. The van der Waals surface area contributed by atoms with Gasteiger partial charge in [-0.1, -0.05) is 0 Å².